The first-order valence-corrected chi connectivity index (χ1v) is 13.7. The van der Waals surface area contributed by atoms with E-state index < -0.39 is 0 Å². The molecule has 1 saturated heterocycles. The van der Waals surface area contributed by atoms with Crippen molar-refractivity contribution >= 4 is 56.1 Å². The number of halogens is 1. The van der Waals surface area contributed by atoms with Gasteiger partial charge in [-0.3, -0.25) is 4.79 Å². The highest BCUT2D eigenvalue weighted by Gasteiger charge is 2.27. The van der Waals surface area contributed by atoms with Gasteiger partial charge in [-0.15, -0.1) is 0 Å². The van der Waals surface area contributed by atoms with Crippen molar-refractivity contribution in [1.82, 2.24) is 5.32 Å². The molecule has 1 amide bonds. The largest absolute Gasteiger partial charge is 0.493 e. The topological polar surface area (TPSA) is 59.6 Å². The molecule has 5 nitrogen and oxygen atoms in total. The van der Waals surface area contributed by atoms with E-state index in [9.17, 15) is 4.79 Å². The first kappa shape index (κ1) is 25.2. The summed E-state index contributed by atoms with van der Waals surface area (Å²) in [5.41, 5.74) is 3.91. The van der Waals surface area contributed by atoms with Crippen LogP contribution < -0.4 is 20.1 Å². The maximum atomic E-state index is 12.7. The van der Waals surface area contributed by atoms with Crippen molar-refractivity contribution < 1.29 is 14.3 Å². The van der Waals surface area contributed by atoms with E-state index in [4.69, 9.17) is 9.47 Å². The van der Waals surface area contributed by atoms with Crippen LogP contribution in [0, 0.1) is 0 Å². The summed E-state index contributed by atoms with van der Waals surface area (Å²) >= 11 is 5.09. The number of carbonyl (C=O) groups is 1. The Kier molecular flexibility index (Phi) is 7.72. The molecule has 4 aromatic rings. The molecule has 1 aliphatic rings. The minimum Gasteiger partial charge on any atom is -0.493 e. The molecule has 0 aliphatic carbocycles. The van der Waals surface area contributed by atoms with Gasteiger partial charge in [0.2, 0.25) is 0 Å². The smallest absolute Gasteiger partial charge is 0.260 e. The maximum absolute atomic E-state index is 12.7. The van der Waals surface area contributed by atoms with Gasteiger partial charge in [0.25, 0.3) is 5.91 Å². The van der Waals surface area contributed by atoms with Crippen LogP contribution in [-0.4, -0.2) is 18.5 Å². The highest BCUT2D eigenvalue weighted by molar-refractivity contribution is 9.10. The number of aryl methyl sites for hydroxylation is 1. The first-order valence-electron chi connectivity index (χ1n) is 12.0. The lowest BCUT2D eigenvalue weighted by atomic mass is 10.1. The van der Waals surface area contributed by atoms with Gasteiger partial charge in [0.1, 0.15) is 6.61 Å². The lowest BCUT2D eigenvalue weighted by Crippen LogP contribution is -2.30. The average Bonchev–Trinajstić information content (AvgIpc) is 3.26. The van der Waals surface area contributed by atoms with E-state index >= 15 is 0 Å². The highest BCUT2D eigenvalue weighted by atomic mass is 79.9. The Morgan fingerprint density at radius 1 is 0.973 bits per heavy atom. The molecule has 2 N–H and O–H groups in total. The van der Waals surface area contributed by atoms with Gasteiger partial charge in [0.05, 0.1) is 12.0 Å². The van der Waals surface area contributed by atoms with Gasteiger partial charge in [-0.2, -0.15) is 0 Å². The first-order chi connectivity index (χ1) is 18.0. The molecule has 37 heavy (non-hydrogen) atoms. The van der Waals surface area contributed by atoms with Crippen molar-refractivity contribution in [2.75, 3.05) is 12.4 Å². The predicted molar refractivity (Wildman–Crippen MR) is 156 cm³/mol. The summed E-state index contributed by atoms with van der Waals surface area (Å²) in [6.07, 6.45) is 2.86. The minimum absolute atomic E-state index is 0.116. The Bertz CT molecular complexity index is 1470. The molecular weight excluding hydrogens is 548 g/mol. The number of ether oxygens (including phenoxy) is 2. The van der Waals surface area contributed by atoms with E-state index in [-0.39, 0.29) is 11.4 Å². The fourth-order valence-corrected chi connectivity index (χ4v) is 5.53. The number of nitrogens with one attached hydrogen (secondary N) is 2. The summed E-state index contributed by atoms with van der Waals surface area (Å²) in [4.78, 5) is 13.3. The van der Waals surface area contributed by atoms with Gasteiger partial charge >= 0.3 is 0 Å². The molecule has 1 heterocycles. The molecule has 0 unspecified atom stereocenters. The lowest BCUT2D eigenvalue weighted by Gasteiger charge is -2.14. The van der Waals surface area contributed by atoms with E-state index in [2.05, 4.69) is 76.0 Å². The van der Waals surface area contributed by atoms with Crippen LogP contribution in [0.5, 0.6) is 11.5 Å². The molecule has 1 fully saturated rings. The van der Waals surface area contributed by atoms with Crippen molar-refractivity contribution in [3.05, 3.63) is 105 Å². The van der Waals surface area contributed by atoms with Gasteiger partial charge < -0.3 is 20.1 Å². The number of fused-ring (bicyclic) bond motifs is 1. The summed E-state index contributed by atoms with van der Waals surface area (Å²) in [7, 11) is 1.61. The Hall–Kier alpha value is -3.42. The number of carbonyl (C=O) groups excluding carboxylic acids is 1. The van der Waals surface area contributed by atoms with E-state index in [1.165, 1.54) is 28.1 Å². The van der Waals surface area contributed by atoms with Gasteiger partial charge in [-0.05, 0) is 70.3 Å². The third-order valence-corrected chi connectivity index (χ3v) is 7.88. The van der Waals surface area contributed by atoms with Crippen LogP contribution in [0.25, 0.3) is 16.8 Å². The summed E-state index contributed by atoms with van der Waals surface area (Å²) < 4.78 is 12.5. The quantitative estimate of drug-likeness (QED) is 0.215. The van der Waals surface area contributed by atoms with E-state index in [1.807, 2.05) is 42.5 Å². The van der Waals surface area contributed by atoms with Crippen LogP contribution in [0.2, 0.25) is 0 Å². The van der Waals surface area contributed by atoms with Gasteiger partial charge in [-0.25, -0.2) is 0 Å². The Morgan fingerprint density at radius 2 is 1.73 bits per heavy atom. The molecule has 4 aromatic carbocycles. The molecule has 0 bridgehead atoms. The maximum Gasteiger partial charge on any atom is 0.260 e. The number of amides is 1. The Labute approximate surface area is 229 Å². The zero-order chi connectivity index (χ0) is 25.8. The van der Waals surface area contributed by atoms with Crippen LogP contribution >= 0.6 is 27.7 Å². The second-order valence-electron chi connectivity index (χ2n) is 8.67. The van der Waals surface area contributed by atoms with Crippen LogP contribution in [0.4, 0.5) is 5.69 Å². The molecule has 5 rings (SSSR count). The molecule has 1 atom stereocenters. The molecule has 0 spiro atoms. The average molecular weight is 576 g/mol. The zero-order valence-corrected chi connectivity index (χ0v) is 23.0. The fourth-order valence-electron chi connectivity index (χ4n) is 4.12. The number of methoxy groups -OCH3 is 1. The summed E-state index contributed by atoms with van der Waals surface area (Å²) in [6, 6.07) is 26.6. The number of thioether (sulfide) groups is 1. The summed E-state index contributed by atoms with van der Waals surface area (Å²) in [5.74, 6) is 1.11. The van der Waals surface area contributed by atoms with Crippen molar-refractivity contribution in [1.29, 1.82) is 0 Å². The number of benzene rings is 4. The SMILES string of the molecule is CCc1ccc(N[C@H]2NC(=O)/C(=C/c3cc(OC)c(OCc4ccc5ccccc5c4)cc3Br)S2)cc1. The minimum atomic E-state index is -0.239. The van der Waals surface area contributed by atoms with E-state index in [1.54, 1.807) is 7.11 Å². The van der Waals surface area contributed by atoms with Crippen LogP contribution in [0.3, 0.4) is 0 Å². The van der Waals surface area contributed by atoms with Crippen molar-refractivity contribution in [3.63, 3.8) is 0 Å². The fraction of sp³-hybridized carbons (Fsp3) is 0.167. The second-order valence-corrected chi connectivity index (χ2v) is 10.7. The molecule has 188 valence electrons. The normalized spacial score (nSPS) is 16.1. The second kappa shape index (κ2) is 11.3. The molecule has 7 heteroatoms. The Balaban J connectivity index is 1.29. The van der Waals surface area contributed by atoms with Crippen LogP contribution in [-0.2, 0) is 17.8 Å². The predicted octanol–water partition coefficient (Wildman–Crippen LogP) is 7.35. The van der Waals surface area contributed by atoms with Gasteiger partial charge in [0, 0.05) is 10.2 Å². The van der Waals surface area contributed by atoms with Crippen LogP contribution in [0.1, 0.15) is 23.6 Å². The molecule has 0 saturated carbocycles. The van der Waals surface area contributed by atoms with Gasteiger partial charge in [0.15, 0.2) is 17.0 Å². The zero-order valence-electron chi connectivity index (χ0n) is 20.6. The molecule has 0 radical (unpaired) electrons. The Morgan fingerprint density at radius 3 is 2.49 bits per heavy atom. The monoisotopic (exact) mass is 574 g/mol. The number of rotatable bonds is 8. The van der Waals surface area contributed by atoms with Crippen LogP contribution in [0.15, 0.2) is 88.2 Å². The van der Waals surface area contributed by atoms with Crippen molar-refractivity contribution in [2.45, 2.75) is 25.4 Å². The third-order valence-electron chi connectivity index (χ3n) is 6.17. The standard InChI is InChI=1S/C30H27BrN2O3S/c1-3-19-9-12-24(13-10-19)32-30-33-29(34)28(37-30)16-23-15-26(35-2)27(17-25(23)31)36-18-20-8-11-21-6-4-5-7-22(21)14-20/h4-17,30,32H,3,18H2,1-2H3,(H,33,34)/b28-16-/t30-/m0/s1. The van der Waals surface area contributed by atoms with Crippen molar-refractivity contribution in [3.8, 4) is 11.5 Å². The number of hydrogen-bond acceptors (Lipinski definition) is 5. The summed E-state index contributed by atoms with van der Waals surface area (Å²) in [6.45, 7) is 2.54. The third kappa shape index (κ3) is 5.95. The van der Waals surface area contributed by atoms with Crippen molar-refractivity contribution in [2.24, 2.45) is 0 Å². The lowest BCUT2D eigenvalue weighted by molar-refractivity contribution is -0.116. The number of hydrogen-bond donors (Lipinski definition) is 2. The molecule has 1 aliphatic heterocycles. The summed E-state index contributed by atoms with van der Waals surface area (Å²) in [5, 5.41) is 8.72. The van der Waals surface area contributed by atoms with Gasteiger partial charge in [-0.1, -0.05) is 83.1 Å². The highest BCUT2D eigenvalue weighted by Crippen LogP contribution is 2.37. The molecule has 0 aromatic heterocycles. The van der Waals surface area contributed by atoms with E-state index in [0.717, 1.165) is 27.7 Å². The number of anilines is 1. The molecular formula is C30H27BrN2O3S. The van der Waals surface area contributed by atoms with E-state index in [0.29, 0.717) is 23.0 Å².